The molecule has 144 valence electrons. The molecule has 0 aromatic heterocycles. The van der Waals surface area contributed by atoms with Crippen molar-refractivity contribution < 1.29 is 18.0 Å². The maximum atomic E-state index is 12.7. The fourth-order valence-electron chi connectivity index (χ4n) is 2.60. The number of piperazine rings is 1. The second kappa shape index (κ2) is 8.81. The highest BCUT2D eigenvalue weighted by atomic mass is 35.5. The molecular formula is C16H23ClN4O4S. The predicted octanol–water partition coefficient (Wildman–Crippen LogP) is -0.149. The molecule has 1 fully saturated rings. The van der Waals surface area contributed by atoms with Gasteiger partial charge >= 0.3 is 0 Å². The second-order valence-corrected chi connectivity index (χ2v) is 8.43. The van der Waals surface area contributed by atoms with Crippen LogP contribution in [-0.4, -0.2) is 87.7 Å². The van der Waals surface area contributed by atoms with Gasteiger partial charge in [-0.1, -0.05) is 17.7 Å². The van der Waals surface area contributed by atoms with Crippen LogP contribution in [0.2, 0.25) is 5.02 Å². The molecule has 0 unspecified atom stereocenters. The van der Waals surface area contributed by atoms with E-state index in [2.05, 4.69) is 5.32 Å². The molecule has 0 spiro atoms. The Balaban J connectivity index is 1.90. The first-order chi connectivity index (χ1) is 12.2. The number of likely N-dealkylation sites (N-methyl/N-ethyl adjacent to an activating group) is 2. The van der Waals surface area contributed by atoms with Crippen LogP contribution in [0.4, 0.5) is 0 Å². The van der Waals surface area contributed by atoms with E-state index in [9.17, 15) is 18.0 Å². The lowest BCUT2D eigenvalue weighted by Gasteiger charge is -2.34. The molecule has 1 aliphatic rings. The minimum atomic E-state index is -3.60. The number of nitrogens with one attached hydrogen (secondary N) is 1. The van der Waals surface area contributed by atoms with Gasteiger partial charge in [0.25, 0.3) is 0 Å². The number of carbonyl (C=O) groups is 2. The fraction of sp³-hybridized carbons (Fsp3) is 0.500. The molecular weight excluding hydrogens is 380 g/mol. The lowest BCUT2D eigenvalue weighted by Crippen LogP contribution is -2.51. The number of carbonyl (C=O) groups excluding carboxylic acids is 2. The molecule has 1 aliphatic heterocycles. The minimum absolute atomic E-state index is 0.00154. The van der Waals surface area contributed by atoms with Gasteiger partial charge in [-0.3, -0.25) is 14.5 Å². The maximum absolute atomic E-state index is 12.7. The van der Waals surface area contributed by atoms with Gasteiger partial charge in [-0.25, -0.2) is 8.42 Å². The van der Waals surface area contributed by atoms with Crippen LogP contribution in [0.15, 0.2) is 29.2 Å². The summed E-state index contributed by atoms with van der Waals surface area (Å²) < 4.78 is 26.7. The normalized spacial score (nSPS) is 16.3. The Morgan fingerprint density at radius 3 is 2.46 bits per heavy atom. The van der Waals surface area contributed by atoms with E-state index in [1.54, 1.807) is 19.2 Å². The van der Waals surface area contributed by atoms with Crippen LogP contribution in [0.25, 0.3) is 0 Å². The summed E-state index contributed by atoms with van der Waals surface area (Å²) in [7, 11) is -0.517. The number of nitrogens with zero attached hydrogens (tertiary/aromatic N) is 3. The Hall–Kier alpha value is -1.68. The van der Waals surface area contributed by atoms with Gasteiger partial charge in [0.1, 0.15) is 0 Å². The Labute approximate surface area is 158 Å². The van der Waals surface area contributed by atoms with Crippen molar-refractivity contribution in [3.8, 4) is 0 Å². The first-order valence-corrected chi connectivity index (χ1v) is 9.98. The number of halogens is 1. The van der Waals surface area contributed by atoms with Crippen LogP contribution < -0.4 is 5.32 Å². The number of hydrogen-bond acceptors (Lipinski definition) is 5. The lowest BCUT2D eigenvalue weighted by atomic mass is 10.3. The average molecular weight is 403 g/mol. The van der Waals surface area contributed by atoms with Crippen molar-refractivity contribution in [1.82, 2.24) is 19.4 Å². The number of benzene rings is 1. The van der Waals surface area contributed by atoms with E-state index in [-0.39, 0.29) is 29.8 Å². The summed E-state index contributed by atoms with van der Waals surface area (Å²) in [4.78, 5) is 26.9. The number of rotatable bonds is 6. The van der Waals surface area contributed by atoms with E-state index in [0.29, 0.717) is 31.2 Å². The summed E-state index contributed by atoms with van der Waals surface area (Å²) in [6.07, 6.45) is 0. The van der Waals surface area contributed by atoms with Gasteiger partial charge in [-0.2, -0.15) is 4.31 Å². The molecule has 10 heteroatoms. The van der Waals surface area contributed by atoms with Gasteiger partial charge in [0.2, 0.25) is 21.8 Å². The first-order valence-electron chi connectivity index (χ1n) is 8.16. The molecule has 0 bridgehead atoms. The third-order valence-electron chi connectivity index (χ3n) is 4.21. The van der Waals surface area contributed by atoms with Crippen molar-refractivity contribution >= 4 is 33.4 Å². The van der Waals surface area contributed by atoms with E-state index < -0.39 is 10.0 Å². The van der Waals surface area contributed by atoms with E-state index in [4.69, 9.17) is 11.6 Å². The SMILES string of the molecule is CNC(=O)CN(C)C(=O)CN1CCN(S(=O)(=O)c2cccc(Cl)c2)CC1. The molecule has 0 atom stereocenters. The highest BCUT2D eigenvalue weighted by Crippen LogP contribution is 2.20. The van der Waals surface area contributed by atoms with E-state index >= 15 is 0 Å². The Bertz CT molecular complexity index is 763. The topological polar surface area (TPSA) is 90.0 Å². The fourth-order valence-corrected chi connectivity index (χ4v) is 4.32. The predicted molar refractivity (Wildman–Crippen MR) is 98.4 cm³/mol. The smallest absolute Gasteiger partial charge is 0.243 e. The van der Waals surface area contributed by atoms with Gasteiger partial charge < -0.3 is 10.2 Å². The van der Waals surface area contributed by atoms with E-state index in [1.165, 1.54) is 28.4 Å². The van der Waals surface area contributed by atoms with Crippen molar-refractivity contribution in [3.63, 3.8) is 0 Å². The molecule has 1 aromatic carbocycles. The van der Waals surface area contributed by atoms with Crippen LogP contribution in [0.1, 0.15) is 0 Å². The van der Waals surface area contributed by atoms with Crippen LogP contribution in [0.5, 0.6) is 0 Å². The average Bonchev–Trinajstić information content (AvgIpc) is 2.62. The summed E-state index contributed by atoms with van der Waals surface area (Å²) in [5, 5.41) is 2.84. The maximum Gasteiger partial charge on any atom is 0.243 e. The molecule has 1 N–H and O–H groups in total. The zero-order valence-electron chi connectivity index (χ0n) is 14.8. The summed E-state index contributed by atoms with van der Waals surface area (Å²) in [6, 6.07) is 6.18. The zero-order valence-corrected chi connectivity index (χ0v) is 16.4. The number of sulfonamides is 1. The molecule has 1 aromatic rings. The third kappa shape index (κ3) is 5.16. The molecule has 0 aliphatic carbocycles. The highest BCUT2D eigenvalue weighted by Gasteiger charge is 2.29. The molecule has 2 rings (SSSR count). The third-order valence-corrected chi connectivity index (χ3v) is 6.34. The van der Waals surface area contributed by atoms with Crippen LogP contribution in [-0.2, 0) is 19.6 Å². The standard InChI is InChI=1S/C16H23ClN4O4S/c1-18-15(22)11-19(2)16(23)12-20-6-8-21(9-7-20)26(24,25)14-5-3-4-13(17)10-14/h3-5,10H,6-9,11-12H2,1-2H3,(H,18,22). The van der Waals surface area contributed by atoms with Gasteiger partial charge in [-0.15, -0.1) is 0 Å². The zero-order chi connectivity index (χ0) is 19.3. The molecule has 8 nitrogen and oxygen atoms in total. The highest BCUT2D eigenvalue weighted by molar-refractivity contribution is 7.89. The van der Waals surface area contributed by atoms with Crippen LogP contribution in [0.3, 0.4) is 0 Å². The van der Waals surface area contributed by atoms with E-state index in [0.717, 1.165) is 0 Å². The van der Waals surface area contributed by atoms with Crippen molar-refractivity contribution in [2.75, 3.05) is 53.4 Å². The van der Waals surface area contributed by atoms with E-state index in [1.807, 2.05) is 4.90 Å². The number of hydrogen-bond donors (Lipinski definition) is 1. The molecule has 1 saturated heterocycles. The summed E-state index contributed by atoms with van der Waals surface area (Å²) in [5.41, 5.74) is 0. The lowest BCUT2D eigenvalue weighted by molar-refractivity contribution is -0.135. The second-order valence-electron chi connectivity index (χ2n) is 6.06. The Morgan fingerprint density at radius 1 is 1.23 bits per heavy atom. The summed E-state index contributed by atoms with van der Waals surface area (Å²) >= 11 is 5.88. The largest absolute Gasteiger partial charge is 0.358 e. The summed E-state index contributed by atoms with van der Waals surface area (Å²) in [6.45, 7) is 1.62. The first kappa shape index (κ1) is 20.6. The minimum Gasteiger partial charge on any atom is -0.358 e. The van der Waals surface area contributed by atoms with Gasteiger partial charge in [0.05, 0.1) is 18.0 Å². The molecule has 2 amide bonds. The number of amides is 2. The molecule has 1 heterocycles. The molecule has 0 saturated carbocycles. The monoisotopic (exact) mass is 402 g/mol. The van der Waals surface area contributed by atoms with Gasteiger partial charge in [0.15, 0.2) is 0 Å². The van der Waals surface area contributed by atoms with Crippen LogP contribution >= 0.6 is 11.6 Å². The van der Waals surface area contributed by atoms with Crippen molar-refractivity contribution in [2.24, 2.45) is 0 Å². The van der Waals surface area contributed by atoms with Crippen molar-refractivity contribution in [2.45, 2.75) is 4.90 Å². The van der Waals surface area contributed by atoms with Crippen LogP contribution in [0, 0.1) is 0 Å². The molecule has 26 heavy (non-hydrogen) atoms. The Morgan fingerprint density at radius 2 is 1.88 bits per heavy atom. The van der Waals surface area contributed by atoms with Gasteiger partial charge in [-0.05, 0) is 18.2 Å². The summed E-state index contributed by atoms with van der Waals surface area (Å²) in [5.74, 6) is -0.418. The van der Waals surface area contributed by atoms with Gasteiger partial charge in [0, 0.05) is 45.3 Å². The van der Waals surface area contributed by atoms with Crippen molar-refractivity contribution in [1.29, 1.82) is 0 Å². The quantitative estimate of drug-likeness (QED) is 0.714. The Kier molecular flexibility index (Phi) is 6.99. The molecule has 0 radical (unpaired) electrons. The van der Waals surface area contributed by atoms with Crippen molar-refractivity contribution in [3.05, 3.63) is 29.3 Å².